The van der Waals surface area contributed by atoms with Crippen molar-refractivity contribution in [1.29, 1.82) is 0 Å². The number of nitrogens with one attached hydrogen (secondary N) is 1. The molecule has 1 N–H and O–H groups in total. The molecule has 7 nitrogen and oxygen atoms in total. The van der Waals surface area contributed by atoms with Crippen molar-refractivity contribution >= 4 is 15.9 Å². The number of nitrogens with zero attached hydrogens (tertiary/aromatic N) is 3. The number of carbonyl (C=O) groups excluding carboxylic acids is 1. The molecule has 1 atom stereocenters. The Balaban J connectivity index is 1.62. The lowest BCUT2D eigenvalue weighted by Gasteiger charge is -2.31. The van der Waals surface area contributed by atoms with Crippen LogP contribution in [-0.4, -0.2) is 41.5 Å². The molecule has 0 unspecified atom stereocenters. The summed E-state index contributed by atoms with van der Waals surface area (Å²) in [5, 5.41) is 7.15. The zero-order valence-corrected chi connectivity index (χ0v) is 16.0. The Morgan fingerprint density at radius 3 is 2.70 bits per heavy atom. The van der Waals surface area contributed by atoms with Gasteiger partial charge in [0.1, 0.15) is 5.82 Å². The highest BCUT2D eigenvalue weighted by Crippen LogP contribution is 2.24. The lowest BCUT2D eigenvalue weighted by Crippen LogP contribution is -2.45. The Kier molecular flexibility index (Phi) is 5.91. The van der Waals surface area contributed by atoms with E-state index in [-0.39, 0.29) is 17.3 Å². The summed E-state index contributed by atoms with van der Waals surface area (Å²) in [6, 6.07) is 6.58. The molecule has 27 heavy (non-hydrogen) atoms. The Hall–Kier alpha value is -2.26. The van der Waals surface area contributed by atoms with Gasteiger partial charge in [0.05, 0.1) is 23.1 Å². The maximum absolute atomic E-state index is 13.1. The van der Waals surface area contributed by atoms with Gasteiger partial charge >= 0.3 is 0 Å². The van der Waals surface area contributed by atoms with E-state index < -0.39 is 21.8 Å². The molecule has 3 rings (SSSR count). The van der Waals surface area contributed by atoms with Gasteiger partial charge in [-0.3, -0.25) is 9.48 Å². The molecule has 146 valence electrons. The van der Waals surface area contributed by atoms with Gasteiger partial charge in [0.2, 0.25) is 15.9 Å². The van der Waals surface area contributed by atoms with Crippen molar-refractivity contribution in [3.63, 3.8) is 0 Å². The van der Waals surface area contributed by atoms with E-state index in [4.69, 9.17) is 0 Å². The molecule has 1 amide bonds. The summed E-state index contributed by atoms with van der Waals surface area (Å²) < 4.78 is 41.6. The predicted molar refractivity (Wildman–Crippen MR) is 97.6 cm³/mol. The van der Waals surface area contributed by atoms with Crippen LogP contribution in [0.3, 0.4) is 0 Å². The number of sulfonamides is 1. The molecule has 0 bridgehead atoms. The van der Waals surface area contributed by atoms with Crippen LogP contribution in [0, 0.1) is 11.7 Å². The lowest BCUT2D eigenvalue weighted by molar-refractivity contribution is -0.126. The summed E-state index contributed by atoms with van der Waals surface area (Å²) in [5.41, 5.74) is 0.761. The average Bonchev–Trinajstić information content (AvgIpc) is 3.14. The smallest absolute Gasteiger partial charge is 0.243 e. The first-order valence-corrected chi connectivity index (χ1v) is 10.4. The third-order valence-corrected chi connectivity index (χ3v) is 6.55. The van der Waals surface area contributed by atoms with Crippen LogP contribution in [0.15, 0.2) is 41.4 Å². The molecule has 0 aliphatic carbocycles. The van der Waals surface area contributed by atoms with Crippen molar-refractivity contribution in [3.8, 4) is 0 Å². The number of rotatable bonds is 6. The largest absolute Gasteiger partial charge is 0.350 e. The molecule has 1 fully saturated rings. The molecule has 0 saturated carbocycles. The van der Waals surface area contributed by atoms with Crippen LogP contribution < -0.4 is 5.32 Å². The van der Waals surface area contributed by atoms with Crippen LogP contribution in [0.2, 0.25) is 0 Å². The molecule has 1 aromatic carbocycles. The quantitative estimate of drug-likeness (QED) is 0.809. The number of carbonyl (C=O) groups is 1. The molecular weight excluding hydrogens is 371 g/mol. The van der Waals surface area contributed by atoms with E-state index >= 15 is 0 Å². The van der Waals surface area contributed by atoms with Crippen molar-refractivity contribution in [2.75, 3.05) is 13.1 Å². The van der Waals surface area contributed by atoms with Gasteiger partial charge < -0.3 is 5.32 Å². The Bertz CT molecular complexity index is 896. The Morgan fingerprint density at radius 1 is 1.30 bits per heavy atom. The average molecular weight is 394 g/mol. The summed E-state index contributed by atoms with van der Waals surface area (Å²) in [6.45, 7) is 3.52. The minimum atomic E-state index is -3.74. The predicted octanol–water partition coefficient (Wildman–Crippen LogP) is 1.76. The van der Waals surface area contributed by atoms with E-state index in [1.54, 1.807) is 4.68 Å². The number of halogens is 1. The molecule has 1 aliphatic heterocycles. The monoisotopic (exact) mass is 394 g/mol. The molecule has 1 aliphatic rings. The van der Waals surface area contributed by atoms with Crippen molar-refractivity contribution in [2.45, 2.75) is 37.8 Å². The van der Waals surface area contributed by atoms with Crippen LogP contribution in [0.25, 0.3) is 0 Å². The number of aromatic nitrogens is 2. The molecule has 9 heteroatoms. The minimum absolute atomic E-state index is 0.0371. The van der Waals surface area contributed by atoms with Crippen molar-refractivity contribution in [1.82, 2.24) is 19.4 Å². The van der Waals surface area contributed by atoms with E-state index in [1.165, 1.54) is 16.4 Å². The number of benzene rings is 1. The SMILES string of the molecule is CCn1ccc(CNC(=O)[C@@H]2CCCN(S(=O)(=O)c3ccc(F)cc3)C2)n1. The normalized spacial score (nSPS) is 18.4. The van der Waals surface area contributed by atoms with Crippen molar-refractivity contribution in [2.24, 2.45) is 5.92 Å². The lowest BCUT2D eigenvalue weighted by atomic mass is 9.99. The summed E-state index contributed by atoms with van der Waals surface area (Å²) >= 11 is 0. The number of piperidine rings is 1. The van der Waals surface area contributed by atoms with Gasteiger partial charge in [0, 0.05) is 25.8 Å². The minimum Gasteiger partial charge on any atom is -0.350 e. The van der Waals surface area contributed by atoms with E-state index in [2.05, 4.69) is 10.4 Å². The topological polar surface area (TPSA) is 84.3 Å². The fraction of sp³-hybridized carbons (Fsp3) is 0.444. The van der Waals surface area contributed by atoms with Gasteiger partial charge in [-0.25, -0.2) is 12.8 Å². The van der Waals surface area contributed by atoms with E-state index in [0.29, 0.717) is 25.9 Å². The highest BCUT2D eigenvalue weighted by molar-refractivity contribution is 7.89. The van der Waals surface area contributed by atoms with Gasteiger partial charge in [0.15, 0.2) is 0 Å². The molecule has 0 spiro atoms. The van der Waals surface area contributed by atoms with Gasteiger partial charge in [-0.05, 0) is 50.1 Å². The molecular formula is C18H23FN4O3S. The number of amides is 1. The maximum Gasteiger partial charge on any atom is 0.243 e. The third kappa shape index (κ3) is 4.54. The second-order valence-electron chi connectivity index (χ2n) is 6.54. The zero-order chi connectivity index (χ0) is 19.4. The molecule has 2 aromatic rings. The second-order valence-corrected chi connectivity index (χ2v) is 8.47. The second kappa shape index (κ2) is 8.18. The summed E-state index contributed by atoms with van der Waals surface area (Å²) in [5.74, 6) is -1.09. The molecule has 2 heterocycles. The molecule has 1 saturated heterocycles. The van der Waals surface area contributed by atoms with Crippen molar-refractivity contribution in [3.05, 3.63) is 48.0 Å². The Morgan fingerprint density at radius 2 is 2.04 bits per heavy atom. The van der Waals surface area contributed by atoms with Crippen molar-refractivity contribution < 1.29 is 17.6 Å². The van der Waals surface area contributed by atoms with Crippen LogP contribution in [-0.2, 0) is 27.9 Å². The summed E-state index contributed by atoms with van der Waals surface area (Å²) in [4.78, 5) is 12.5. The van der Waals surface area contributed by atoms with Gasteiger partial charge in [0.25, 0.3) is 0 Å². The standard InChI is InChI=1S/C18H23FN4O3S/c1-2-22-11-9-16(21-22)12-20-18(24)14-4-3-10-23(13-14)27(25,26)17-7-5-15(19)6-8-17/h5-9,11,14H,2-4,10,12-13H2,1H3,(H,20,24)/t14-/m1/s1. The Labute approximate surface area is 158 Å². The van der Waals surface area contributed by atoms with Crippen LogP contribution >= 0.6 is 0 Å². The van der Waals surface area contributed by atoms with Crippen LogP contribution in [0.5, 0.6) is 0 Å². The fourth-order valence-corrected chi connectivity index (χ4v) is 4.65. The maximum atomic E-state index is 13.1. The highest BCUT2D eigenvalue weighted by Gasteiger charge is 2.33. The molecule has 0 radical (unpaired) electrons. The van der Waals surface area contributed by atoms with Gasteiger partial charge in [-0.15, -0.1) is 0 Å². The number of aryl methyl sites for hydroxylation is 1. The first-order chi connectivity index (χ1) is 12.9. The van der Waals surface area contributed by atoms with Crippen LogP contribution in [0.4, 0.5) is 4.39 Å². The molecule has 1 aromatic heterocycles. The number of hydrogen-bond donors (Lipinski definition) is 1. The van der Waals surface area contributed by atoms with E-state index in [0.717, 1.165) is 24.4 Å². The summed E-state index contributed by atoms with van der Waals surface area (Å²) in [7, 11) is -3.74. The first kappa shape index (κ1) is 19.5. The first-order valence-electron chi connectivity index (χ1n) is 8.96. The van der Waals surface area contributed by atoms with Gasteiger partial charge in [-0.2, -0.15) is 9.40 Å². The fourth-order valence-electron chi connectivity index (χ4n) is 3.13. The summed E-state index contributed by atoms with van der Waals surface area (Å²) in [6.07, 6.45) is 3.08. The highest BCUT2D eigenvalue weighted by atomic mass is 32.2. The van der Waals surface area contributed by atoms with E-state index in [1.807, 2.05) is 19.2 Å². The van der Waals surface area contributed by atoms with Crippen LogP contribution in [0.1, 0.15) is 25.5 Å². The zero-order valence-electron chi connectivity index (χ0n) is 15.1. The van der Waals surface area contributed by atoms with E-state index in [9.17, 15) is 17.6 Å². The van der Waals surface area contributed by atoms with Gasteiger partial charge in [-0.1, -0.05) is 0 Å². The third-order valence-electron chi connectivity index (χ3n) is 4.67. The number of hydrogen-bond acceptors (Lipinski definition) is 4.